The summed E-state index contributed by atoms with van der Waals surface area (Å²) in [6.07, 6.45) is 3.15. The minimum absolute atomic E-state index is 0.177. The van der Waals surface area contributed by atoms with Gasteiger partial charge in [-0.1, -0.05) is 49.7 Å². The molecule has 0 bridgehead atoms. The van der Waals surface area contributed by atoms with E-state index in [9.17, 15) is 0 Å². The molecule has 0 fully saturated rings. The van der Waals surface area contributed by atoms with E-state index in [4.69, 9.17) is 0 Å². The molecule has 0 aliphatic carbocycles. The number of hydrogen-bond acceptors (Lipinski definition) is 2. The van der Waals surface area contributed by atoms with E-state index in [1.807, 2.05) is 6.20 Å². The van der Waals surface area contributed by atoms with Crippen molar-refractivity contribution in [3.63, 3.8) is 0 Å². The Bertz CT molecular complexity index is 321. The van der Waals surface area contributed by atoms with E-state index in [1.165, 1.54) is 5.56 Å². The van der Waals surface area contributed by atoms with Crippen LogP contribution in [0.1, 0.15) is 39.7 Å². The number of nitrogens with zero attached hydrogens (tertiary/aromatic N) is 2. The van der Waals surface area contributed by atoms with E-state index < -0.39 is 0 Å². The highest BCUT2D eigenvalue weighted by Gasteiger charge is 2.14. The smallest absolute Gasteiger partial charge is 0.128 e. The molecule has 0 aliphatic heterocycles. The Morgan fingerprint density at radius 2 is 1.94 bits per heavy atom. The second-order valence-corrected chi connectivity index (χ2v) is 6.12. The van der Waals surface area contributed by atoms with Gasteiger partial charge >= 0.3 is 0 Å². The van der Waals surface area contributed by atoms with Gasteiger partial charge in [0.05, 0.1) is 0 Å². The summed E-state index contributed by atoms with van der Waals surface area (Å²) in [5.41, 5.74) is 1.47. The van der Waals surface area contributed by atoms with E-state index in [0.29, 0.717) is 0 Å². The molecule has 0 N–H and O–H groups in total. The molecule has 0 aromatic carbocycles. The van der Waals surface area contributed by atoms with Crippen LogP contribution in [0.2, 0.25) is 0 Å². The highest BCUT2D eigenvalue weighted by atomic mass is 79.9. The van der Waals surface area contributed by atoms with Crippen molar-refractivity contribution in [3.8, 4) is 0 Å². The topological polar surface area (TPSA) is 16.1 Å². The Labute approximate surface area is 114 Å². The number of alkyl halides is 1. The molecule has 1 aromatic heterocycles. The maximum Gasteiger partial charge on any atom is 0.128 e. The minimum Gasteiger partial charge on any atom is -0.356 e. The van der Waals surface area contributed by atoms with Gasteiger partial charge in [0.2, 0.25) is 0 Å². The molecular formula is C14H23BrN2. The summed E-state index contributed by atoms with van der Waals surface area (Å²) in [6.45, 7) is 10.9. The van der Waals surface area contributed by atoms with E-state index in [2.05, 4.69) is 65.6 Å². The molecule has 0 radical (unpaired) electrons. The zero-order chi connectivity index (χ0) is 12.9. The molecule has 1 heterocycles. The number of rotatable bonds is 5. The highest BCUT2D eigenvalue weighted by Crippen LogP contribution is 2.23. The van der Waals surface area contributed by atoms with Crippen molar-refractivity contribution < 1.29 is 0 Å². The molecule has 0 atom stereocenters. The van der Waals surface area contributed by atoms with Crippen LogP contribution in [-0.4, -0.2) is 23.4 Å². The fourth-order valence-corrected chi connectivity index (χ4v) is 2.16. The predicted molar refractivity (Wildman–Crippen MR) is 79.2 cm³/mol. The monoisotopic (exact) mass is 298 g/mol. The third kappa shape index (κ3) is 4.30. The van der Waals surface area contributed by atoms with Crippen LogP contribution in [0, 0.1) is 0 Å². The van der Waals surface area contributed by atoms with Crippen LogP contribution in [0.25, 0.3) is 0 Å². The van der Waals surface area contributed by atoms with Crippen LogP contribution >= 0.6 is 15.9 Å². The lowest BCUT2D eigenvalue weighted by Gasteiger charge is -2.24. The SMILES string of the molecule is CCCN(CCBr)c1ccc(C(C)(C)C)cn1. The first-order valence-corrected chi connectivity index (χ1v) is 7.38. The van der Waals surface area contributed by atoms with Gasteiger partial charge in [-0.25, -0.2) is 4.98 Å². The lowest BCUT2D eigenvalue weighted by molar-refractivity contribution is 0.587. The normalized spacial score (nSPS) is 11.6. The van der Waals surface area contributed by atoms with Crippen LogP contribution in [0.15, 0.2) is 18.3 Å². The van der Waals surface area contributed by atoms with E-state index >= 15 is 0 Å². The predicted octanol–water partition coefficient (Wildman–Crippen LogP) is 3.99. The van der Waals surface area contributed by atoms with E-state index in [0.717, 1.165) is 30.7 Å². The zero-order valence-electron chi connectivity index (χ0n) is 11.3. The van der Waals surface area contributed by atoms with Crippen molar-refractivity contribution in [3.05, 3.63) is 23.9 Å². The molecule has 0 amide bonds. The zero-order valence-corrected chi connectivity index (χ0v) is 12.9. The van der Waals surface area contributed by atoms with Crippen LogP contribution < -0.4 is 4.90 Å². The Balaban J connectivity index is 2.84. The third-order valence-corrected chi connectivity index (χ3v) is 3.14. The first-order valence-electron chi connectivity index (χ1n) is 6.26. The minimum atomic E-state index is 0.177. The number of hydrogen-bond donors (Lipinski definition) is 0. The number of anilines is 1. The van der Waals surface area contributed by atoms with Crippen molar-refractivity contribution in [1.29, 1.82) is 0 Å². The lowest BCUT2D eigenvalue weighted by atomic mass is 9.88. The summed E-state index contributed by atoms with van der Waals surface area (Å²) in [4.78, 5) is 6.91. The second-order valence-electron chi connectivity index (χ2n) is 5.33. The number of aromatic nitrogens is 1. The molecule has 1 rings (SSSR count). The second kappa shape index (κ2) is 6.39. The van der Waals surface area contributed by atoms with Gasteiger partial charge in [0.1, 0.15) is 5.82 Å². The molecule has 0 spiro atoms. The maximum atomic E-state index is 4.59. The van der Waals surface area contributed by atoms with Gasteiger partial charge in [-0.2, -0.15) is 0 Å². The van der Waals surface area contributed by atoms with Crippen LogP contribution in [-0.2, 0) is 5.41 Å². The largest absolute Gasteiger partial charge is 0.356 e. The summed E-state index contributed by atoms with van der Waals surface area (Å²) < 4.78 is 0. The van der Waals surface area contributed by atoms with Crippen LogP contribution in [0.3, 0.4) is 0 Å². The Morgan fingerprint density at radius 3 is 2.35 bits per heavy atom. The molecule has 0 saturated heterocycles. The van der Waals surface area contributed by atoms with Crippen molar-refractivity contribution >= 4 is 21.7 Å². The van der Waals surface area contributed by atoms with E-state index in [1.54, 1.807) is 0 Å². The molecule has 0 unspecified atom stereocenters. The highest BCUT2D eigenvalue weighted by molar-refractivity contribution is 9.09. The van der Waals surface area contributed by atoms with Crippen molar-refractivity contribution in [2.75, 3.05) is 23.3 Å². The fraction of sp³-hybridized carbons (Fsp3) is 0.643. The summed E-state index contributed by atoms with van der Waals surface area (Å²) in [5.74, 6) is 1.08. The average Bonchev–Trinajstić information content (AvgIpc) is 2.28. The number of pyridine rings is 1. The molecular weight excluding hydrogens is 276 g/mol. The summed E-state index contributed by atoms with van der Waals surface area (Å²) in [6, 6.07) is 4.33. The van der Waals surface area contributed by atoms with Gasteiger partial charge in [-0.3, -0.25) is 0 Å². The maximum absolute atomic E-state index is 4.59. The Morgan fingerprint density at radius 1 is 1.24 bits per heavy atom. The Hall–Kier alpha value is -0.570. The fourth-order valence-electron chi connectivity index (χ4n) is 1.73. The van der Waals surface area contributed by atoms with Crippen molar-refractivity contribution in [1.82, 2.24) is 4.98 Å². The molecule has 2 nitrogen and oxygen atoms in total. The molecule has 96 valence electrons. The van der Waals surface area contributed by atoms with Gasteiger partial charge in [0.25, 0.3) is 0 Å². The van der Waals surface area contributed by atoms with Gasteiger partial charge < -0.3 is 4.90 Å². The van der Waals surface area contributed by atoms with Crippen molar-refractivity contribution in [2.45, 2.75) is 39.5 Å². The van der Waals surface area contributed by atoms with Crippen LogP contribution in [0.5, 0.6) is 0 Å². The van der Waals surface area contributed by atoms with E-state index in [-0.39, 0.29) is 5.41 Å². The third-order valence-electron chi connectivity index (χ3n) is 2.79. The van der Waals surface area contributed by atoms with Crippen molar-refractivity contribution in [2.24, 2.45) is 0 Å². The molecule has 0 saturated carbocycles. The molecule has 0 aliphatic rings. The Kier molecular flexibility index (Phi) is 5.44. The molecule has 17 heavy (non-hydrogen) atoms. The molecule has 1 aromatic rings. The van der Waals surface area contributed by atoms with Crippen LogP contribution in [0.4, 0.5) is 5.82 Å². The standard InChI is InChI=1S/C14H23BrN2/c1-5-9-17(10-8-15)13-7-6-12(11-16-13)14(2,3)4/h6-7,11H,5,8-10H2,1-4H3. The number of halogens is 1. The summed E-state index contributed by atoms with van der Waals surface area (Å²) >= 11 is 3.49. The first kappa shape index (κ1) is 14.5. The van der Waals surface area contributed by atoms with Gasteiger partial charge in [-0.15, -0.1) is 0 Å². The summed E-state index contributed by atoms with van der Waals surface area (Å²) in [7, 11) is 0. The lowest BCUT2D eigenvalue weighted by Crippen LogP contribution is -2.27. The molecule has 3 heteroatoms. The summed E-state index contributed by atoms with van der Waals surface area (Å²) in [5, 5.41) is 0.982. The van der Waals surface area contributed by atoms with Gasteiger partial charge in [0, 0.05) is 24.6 Å². The first-order chi connectivity index (χ1) is 7.99. The quantitative estimate of drug-likeness (QED) is 0.764. The van der Waals surface area contributed by atoms with Gasteiger partial charge in [-0.05, 0) is 23.5 Å². The van der Waals surface area contributed by atoms with Gasteiger partial charge in [0.15, 0.2) is 0 Å². The average molecular weight is 299 g/mol.